The molecule has 26 heavy (non-hydrogen) atoms. The smallest absolute Gasteiger partial charge is 0.248 e. The molecule has 1 N–H and O–H groups in total. The minimum Gasteiger partial charge on any atom is -0.324 e. The Morgan fingerprint density at radius 2 is 1.92 bits per heavy atom. The highest BCUT2D eigenvalue weighted by molar-refractivity contribution is 5.90. The molecule has 3 rings (SSSR count). The molecule has 0 aliphatic rings. The van der Waals surface area contributed by atoms with Crippen molar-refractivity contribution in [1.29, 1.82) is 0 Å². The number of aryl methyl sites for hydroxylation is 1. The Hall–Kier alpha value is -3.09. The second-order valence-electron chi connectivity index (χ2n) is 6.43. The number of anilines is 1. The fourth-order valence-electron chi connectivity index (χ4n) is 2.49. The van der Waals surface area contributed by atoms with E-state index in [2.05, 4.69) is 34.6 Å². The molecule has 0 fully saturated rings. The molecule has 0 saturated heterocycles. The number of tetrazole rings is 1. The van der Waals surface area contributed by atoms with Crippen LogP contribution in [-0.2, 0) is 11.3 Å². The zero-order valence-corrected chi connectivity index (χ0v) is 14.9. The van der Waals surface area contributed by atoms with E-state index in [0.29, 0.717) is 28.6 Å². The first-order valence-corrected chi connectivity index (χ1v) is 8.36. The molecule has 0 bridgehead atoms. The number of nitrogens with one attached hydrogen (secondary N) is 1. The second-order valence-corrected chi connectivity index (χ2v) is 6.43. The van der Waals surface area contributed by atoms with E-state index in [-0.39, 0.29) is 18.3 Å². The van der Waals surface area contributed by atoms with Crippen LogP contribution >= 0.6 is 0 Å². The lowest BCUT2D eigenvalue weighted by Gasteiger charge is -2.08. The first kappa shape index (κ1) is 17.7. The van der Waals surface area contributed by atoms with Gasteiger partial charge in [0.2, 0.25) is 11.7 Å². The molecule has 0 radical (unpaired) electrons. The van der Waals surface area contributed by atoms with E-state index < -0.39 is 0 Å². The van der Waals surface area contributed by atoms with Crippen molar-refractivity contribution in [2.45, 2.75) is 33.2 Å². The maximum Gasteiger partial charge on any atom is 0.248 e. The number of benzene rings is 2. The van der Waals surface area contributed by atoms with Crippen LogP contribution in [0.5, 0.6) is 0 Å². The van der Waals surface area contributed by atoms with Gasteiger partial charge in [0.25, 0.3) is 0 Å². The van der Waals surface area contributed by atoms with Crippen molar-refractivity contribution in [3.05, 3.63) is 59.4 Å². The molecule has 3 aromatic rings. The zero-order valence-electron chi connectivity index (χ0n) is 14.9. The number of halogens is 1. The summed E-state index contributed by atoms with van der Waals surface area (Å²) in [5.41, 5.74) is 3.08. The predicted octanol–water partition coefficient (Wildman–Crippen LogP) is 3.55. The summed E-state index contributed by atoms with van der Waals surface area (Å²) < 4.78 is 13.4. The van der Waals surface area contributed by atoms with Crippen LogP contribution in [0.25, 0.3) is 11.4 Å². The van der Waals surface area contributed by atoms with Gasteiger partial charge >= 0.3 is 0 Å². The van der Waals surface area contributed by atoms with E-state index >= 15 is 0 Å². The Kier molecular flexibility index (Phi) is 5.06. The molecule has 134 valence electrons. The molecule has 1 amide bonds. The predicted molar refractivity (Wildman–Crippen MR) is 97.1 cm³/mol. The van der Waals surface area contributed by atoms with Gasteiger partial charge in [0.1, 0.15) is 12.4 Å². The molecule has 0 atom stereocenters. The fourth-order valence-corrected chi connectivity index (χ4v) is 2.49. The van der Waals surface area contributed by atoms with Crippen LogP contribution < -0.4 is 5.32 Å². The Bertz CT molecular complexity index is 918. The van der Waals surface area contributed by atoms with E-state index in [1.807, 2.05) is 24.3 Å². The summed E-state index contributed by atoms with van der Waals surface area (Å²) in [6.07, 6.45) is 0. The van der Waals surface area contributed by atoms with E-state index in [1.54, 1.807) is 19.1 Å². The van der Waals surface area contributed by atoms with E-state index in [4.69, 9.17) is 0 Å². The molecule has 1 heterocycles. The summed E-state index contributed by atoms with van der Waals surface area (Å²) in [7, 11) is 0. The van der Waals surface area contributed by atoms with Crippen molar-refractivity contribution < 1.29 is 9.18 Å². The van der Waals surface area contributed by atoms with Crippen LogP contribution in [0.4, 0.5) is 10.1 Å². The molecule has 7 heteroatoms. The van der Waals surface area contributed by atoms with Crippen LogP contribution in [0.2, 0.25) is 0 Å². The Morgan fingerprint density at radius 3 is 2.58 bits per heavy atom. The summed E-state index contributed by atoms with van der Waals surface area (Å²) in [5, 5.41) is 14.8. The van der Waals surface area contributed by atoms with Crippen molar-refractivity contribution >= 4 is 11.6 Å². The monoisotopic (exact) mass is 353 g/mol. The highest BCUT2D eigenvalue weighted by Crippen LogP contribution is 2.18. The highest BCUT2D eigenvalue weighted by Gasteiger charge is 2.11. The Balaban J connectivity index is 1.64. The lowest BCUT2D eigenvalue weighted by Crippen LogP contribution is -2.20. The summed E-state index contributed by atoms with van der Waals surface area (Å²) >= 11 is 0. The van der Waals surface area contributed by atoms with Crippen molar-refractivity contribution in [3.63, 3.8) is 0 Å². The minimum atomic E-state index is -0.288. The van der Waals surface area contributed by atoms with Crippen LogP contribution in [0, 0.1) is 12.7 Å². The number of carbonyl (C=O) groups is 1. The third-order valence-corrected chi connectivity index (χ3v) is 4.02. The van der Waals surface area contributed by atoms with Gasteiger partial charge in [-0.3, -0.25) is 4.79 Å². The fraction of sp³-hybridized carbons (Fsp3) is 0.263. The first-order valence-electron chi connectivity index (χ1n) is 8.36. The molecular weight excluding hydrogens is 333 g/mol. The third-order valence-electron chi connectivity index (χ3n) is 4.02. The molecule has 0 aliphatic carbocycles. The van der Waals surface area contributed by atoms with E-state index in [0.717, 1.165) is 0 Å². The number of aromatic nitrogens is 4. The van der Waals surface area contributed by atoms with Crippen LogP contribution in [-0.4, -0.2) is 26.1 Å². The lowest BCUT2D eigenvalue weighted by atomic mass is 10.0. The molecule has 0 saturated carbocycles. The Morgan fingerprint density at radius 1 is 1.19 bits per heavy atom. The van der Waals surface area contributed by atoms with Gasteiger partial charge in [0, 0.05) is 11.3 Å². The van der Waals surface area contributed by atoms with Gasteiger partial charge in [-0.15, -0.1) is 10.2 Å². The average Bonchev–Trinajstić information content (AvgIpc) is 3.06. The SMILES string of the molecule is Cc1cc(-c2nnn(CC(=O)Nc3ccc(C(C)C)cc3)n2)ccc1F. The molecule has 6 nitrogen and oxygen atoms in total. The van der Waals surface area contributed by atoms with Gasteiger partial charge in [0.15, 0.2) is 0 Å². The Labute approximate surface area is 151 Å². The zero-order chi connectivity index (χ0) is 18.7. The maximum absolute atomic E-state index is 13.4. The highest BCUT2D eigenvalue weighted by atomic mass is 19.1. The average molecular weight is 353 g/mol. The third kappa shape index (κ3) is 4.11. The van der Waals surface area contributed by atoms with Gasteiger partial charge in [-0.1, -0.05) is 26.0 Å². The molecule has 0 spiro atoms. The molecule has 1 aromatic heterocycles. The molecule has 2 aromatic carbocycles. The van der Waals surface area contributed by atoms with Gasteiger partial charge in [0.05, 0.1) is 0 Å². The van der Waals surface area contributed by atoms with Crippen molar-refractivity contribution in [3.8, 4) is 11.4 Å². The van der Waals surface area contributed by atoms with Gasteiger partial charge in [-0.2, -0.15) is 4.80 Å². The van der Waals surface area contributed by atoms with Crippen LogP contribution in [0.1, 0.15) is 30.9 Å². The summed E-state index contributed by atoms with van der Waals surface area (Å²) in [4.78, 5) is 13.4. The van der Waals surface area contributed by atoms with Gasteiger partial charge in [-0.05, 0) is 59.5 Å². The first-order chi connectivity index (χ1) is 12.4. The quantitative estimate of drug-likeness (QED) is 0.761. The number of nitrogens with zero attached hydrogens (tertiary/aromatic N) is 4. The standard InChI is InChI=1S/C19H20FN5O/c1-12(2)14-4-7-16(8-5-14)21-18(26)11-25-23-19(22-24-25)15-6-9-17(20)13(3)10-15/h4-10,12H,11H2,1-3H3,(H,21,26). The molecule has 0 unspecified atom stereocenters. The van der Waals surface area contributed by atoms with Crippen molar-refractivity contribution in [1.82, 2.24) is 20.2 Å². The van der Waals surface area contributed by atoms with E-state index in [9.17, 15) is 9.18 Å². The van der Waals surface area contributed by atoms with Crippen molar-refractivity contribution in [2.75, 3.05) is 5.32 Å². The van der Waals surface area contributed by atoms with Crippen LogP contribution in [0.15, 0.2) is 42.5 Å². The minimum absolute atomic E-state index is 0.0564. The van der Waals surface area contributed by atoms with Gasteiger partial charge < -0.3 is 5.32 Å². The van der Waals surface area contributed by atoms with E-state index in [1.165, 1.54) is 16.4 Å². The normalized spacial score (nSPS) is 11.0. The molecular formula is C19H20FN5O. The largest absolute Gasteiger partial charge is 0.324 e. The number of hydrogen-bond acceptors (Lipinski definition) is 4. The lowest BCUT2D eigenvalue weighted by molar-refractivity contribution is -0.117. The van der Waals surface area contributed by atoms with Crippen molar-refractivity contribution in [2.24, 2.45) is 0 Å². The second kappa shape index (κ2) is 7.43. The molecule has 0 aliphatic heterocycles. The van der Waals surface area contributed by atoms with Crippen LogP contribution in [0.3, 0.4) is 0 Å². The number of rotatable bonds is 5. The number of hydrogen-bond donors (Lipinski definition) is 1. The summed E-state index contributed by atoms with van der Waals surface area (Å²) in [5.74, 6) is 0.250. The number of carbonyl (C=O) groups excluding carboxylic acids is 1. The topological polar surface area (TPSA) is 72.7 Å². The van der Waals surface area contributed by atoms with Gasteiger partial charge in [-0.25, -0.2) is 4.39 Å². The summed E-state index contributed by atoms with van der Waals surface area (Å²) in [6.45, 7) is 5.84. The summed E-state index contributed by atoms with van der Waals surface area (Å²) in [6, 6.07) is 12.3. The maximum atomic E-state index is 13.4. The number of amides is 1.